The highest BCUT2D eigenvalue weighted by molar-refractivity contribution is 4.86. The van der Waals surface area contributed by atoms with E-state index < -0.39 is 0 Å². The summed E-state index contributed by atoms with van der Waals surface area (Å²) in [5.74, 6) is 0. The molecule has 1 saturated heterocycles. The van der Waals surface area contributed by atoms with E-state index in [1.807, 2.05) is 0 Å². The lowest BCUT2D eigenvalue weighted by Gasteiger charge is -2.42. The summed E-state index contributed by atoms with van der Waals surface area (Å²) in [4.78, 5) is 2.73. The highest BCUT2D eigenvalue weighted by Crippen LogP contribution is 2.17. The number of nitrogens with zero attached hydrogens (tertiary/aromatic N) is 1. The predicted octanol–water partition coefficient (Wildman–Crippen LogP) is 3.42. The Kier molecular flexibility index (Phi) is 7.14. The first kappa shape index (κ1) is 15.0. The van der Waals surface area contributed by atoms with E-state index in [0.717, 1.165) is 12.1 Å². The van der Waals surface area contributed by atoms with Gasteiger partial charge in [0.25, 0.3) is 0 Å². The van der Waals surface area contributed by atoms with Crippen LogP contribution in [0.3, 0.4) is 0 Å². The third kappa shape index (κ3) is 4.97. The summed E-state index contributed by atoms with van der Waals surface area (Å²) in [6.07, 6.45) is 8.12. The lowest BCUT2D eigenvalue weighted by molar-refractivity contribution is 0.0903. The fraction of sp³-hybridized carbons (Fsp3) is 1.00. The first-order valence-electron chi connectivity index (χ1n) is 7.68. The maximum Gasteiger partial charge on any atom is 0.0195 e. The monoisotopic (exact) mass is 240 g/mol. The van der Waals surface area contributed by atoms with Gasteiger partial charge in [0.1, 0.15) is 0 Å². The minimum atomic E-state index is 0.708. The average molecular weight is 240 g/mol. The van der Waals surface area contributed by atoms with Crippen LogP contribution in [0.25, 0.3) is 0 Å². The number of rotatable bonds is 7. The number of piperazine rings is 1. The van der Waals surface area contributed by atoms with Crippen molar-refractivity contribution in [2.24, 2.45) is 0 Å². The molecule has 0 aromatic rings. The topological polar surface area (TPSA) is 15.3 Å². The van der Waals surface area contributed by atoms with Crippen molar-refractivity contribution in [3.05, 3.63) is 0 Å². The van der Waals surface area contributed by atoms with Crippen molar-refractivity contribution in [1.82, 2.24) is 10.2 Å². The molecule has 3 atom stereocenters. The van der Waals surface area contributed by atoms with Crippen molar-refractivity contribution in [2.75, 3.05) is 13.1 Å². The quantitative estimate of drug-likeness (QED) is 0.686. The van der Waals surface area contributed by atoms with Crippen LogP contribution < -0.4 is 5.32 Å². The molecule has 0 radical (unpaired) electrons. The molecule has 1 aliphatic heterocycles. The third-order valence-electron chi connectivity index (χ3n) is 4.13. The molecule has 0 aromatic heterocycles. The van der Waals surface area contributed by atoms with Crippen LogP contribution in [0.4, 0.5) is 0 Å². The van der Waals surface area contributed by atoms with E-state index in [-0.39, 0.29) is 0 Å². The SMILES string of the molecule is CCCCCC(C)N1CC(CCC)NCC1C. The lowest BCUT2D eigenvalue weighted by atomic mass is 10.0. The largest absolute Gasteiger partial charge is 0.311 e. The third-order valence-corrected chi connectivity index (χ3v) is 4.13. The van der Waals surface area contributed by atoms with Crippen LogP contribution in [-0.4, -0.2) is 36.1 Å². The molecule has 2 nitrogen and oxygen atoms in total. The minimum absolute atomic E-state index is 0.708. The number of nitrogens with one attached hydrogen (secondary N) is 1. The van der Waals surface area contributed by atoms with Crippen LogP contribution in [0.1, 0.15) is 66.2 Å². The van der Waals surface area contributed by atoms with Crippen molar-refractivity contribution >= 4 is 0 Å². The van der Waals surface area contributed by atoms with E-state index in [1.54, 1.807) is 0 Å². The normalized spacial score (nSPS) is 28.2. The Labute approximate surface area is 108 Å². The zero-order valence-electron chi connectivity index (χ0n) is 12.3. The van der Waals surface area contributed by atoms with Gasteiger partial charge in [-0.15, -0.1) is 0 Å². The summed E-state index contributed by atoms with van der Waals surface area (Å²) >= 11 is 0. The molecule has 3 unspecified atom stereocenters. The molecule has 17 heavy (non-hydrogen) atoms. The van der Waals surface area contributed by atoms with Crippen molar-refractivity contribution < 1.29 is 0 Å². The molecule has 0 amide bonds. The summed E-state index contributed by atoms with van der Waals surface area (Å²) in [7, 11) is 0. The highest BCUT2D eigenvalue weighted by atomic mass is 15.2. The number of hydrogen-bond donors (Lipinski definition) is 1. The Morgan fingerprint density at radius 2 is 2.00 bits per heavy atom. The number of unbranched alkanes of at least 4 members (excludes halogenated alkanes) is 2. The summed E-state index contributed by atoms with van der Waals surface area (Å²) < 4.78 is 0. The Hall–Kier alpha value is -0.0800. The van der Waals surface area contributed by atoms with Crippen molar-refractivity contribution in [1.29, 1.82) is 0 Å². The lowest BCUT2D eigenvalue weighted by Crippen LogP contribution is -2.57. The zero-order valence-corrected chi connectivity index (χ0v) is 12.3. The second kappa shape index (κ2) is 8.10. The summed E-state index contributed by atoms with van der Waals surface area (Å²) in [5.41, 5.74) is 0. The van der Waals surface area contributed by atoms with Gasteiger partial charge in [-0.1, -0.05) is 39.5 Å². The van der Waals surface area contributed by atoms with E-state index in [4.69, 9.17) is 0 Å². The first-order chi connectivity index (χ1) is 8.19. The average Bonchev–Trinajstić information content (AvgIpc) is 2.32. The summed E-state index contributed by atoms with van der Waals surface area (Å²) in [6, 6.07) is 2.20. The van der Waals surface area contributed by atoms with Crippen LogP contribution >= 0.6 is 0 Å². The van der Waals surface area contributed by atoms with Crippen molar-refractivity contribution in [3.8, 4) is 0 Å². The smallest absolute Gasteiger partial charge is 0.0195 e. The Bertz CT molecular complexity index is 193. The first-order valence-corrected chi connectivity index (χ1v) is 7.68. The van der Waals surface area contributed by atoms with Gasteiger partial charge in [0.05, 0.1) is 0 Å². The molecular weight excluding hydrogens is 208 g/mol. The van der Waals surface area contributed by atoms with Gasteiger partial charge >= 0.3 is 0 Å². The summed E-state index contributed by atoms with van der Waals surface area (Å²) in [6.45, 7) is 11.8. The van der Waals surface area contributed by atoms with Gasteiger partial charge in [-0.05, 0) is 26.7 Å². The maximum absolute atomic E-state index is 3.68. The van der Waals surface area contributed by atoms with Gasteiger partial charge in [-0.2, -0.15) is 0 Å². The van der Waals surface area contributed by atoms with E-state index in [9.17, 15) is 0 Å². The maximum atomic E-state index is 3.68. The van der Waals surface area contributed by atoms with Gasteiger partial charge < -0.3 is 5.32 Å². The zero-order chi connectivity index (χ0) is 12.7. The predicted molar refractivity (Wildman–Crippen MR) is 76.5 cm³/mol. The van der Waals surface area contributed by atoms with Gasteiger partial charge in [0, 0.05) is 31.2 Å². The van der Waals surface area contributed by atoms with Crippen LogP contribution in [0, 0.1) is 0 Å². The fourth-order valence-corrected chi connectivity index (χ4v) is 2.97. The van der Waals surface area contributed by atoms with E-state index >= 15 is 0 Å². The van der Waals surface area contributed by atoms with Crippen molar-refractivity contribution in [3.63, 3.8) is 0 Å². The van der Waals surface area contributed by atoms with Gasteiger partial charge in [-0.3, -0.25) is 4.90 Å². The molecule has 0 spiro atoms. The molecule has 0 aromatic carbocycles. The van der Waals surface area contributed by atoms with Crippen LogP contribution in [-0.2, 0) is 0 Å². The van der Waals surface area contributed by atoms with Gasteiger partial charge in [0.15, 0.2) is 0 Å². The molecule has 1 rings (SSSR count). The Morgan fingerprint density at radius 1 is 1.24 bits per heavy atom. The Balaban J connectivity index is 2.36. The molecule has 1 N–H and O–H groups in total. The number of hydrogen-bond acceptors (Lipinski definition) is 2. The van der Waals surface area contributed by atoms with Crippen molar-refractivity contribution in [2.45, 2.75) is 84.3 Å². The Morgan fingerprint density at radius 3 is 2.65 bits per heavy atom. The van der Waals surface area contributed by atoms with Gasteiger partial charge in [-0.25, -0.2) is 0 Å². The highest BCUT2D eigenvalue weighted by Gasteiger charge is 2.27. The molecule has 0 aliphatic carbocycles. The molecule has 0 saturated carbocycles. The van der Waals surface area contributed by atoms with E-state index in [1.165, 1.54) is 51.6 Å². The molecular formula is C15H32N2. The summed E-state index contributed by atoms with van der Waals surface area (Å²) in [5, 5.41) is 3.68. The van der Waals surface area contributed by atoms with Crippen LogP contribution in [0.15, 0.2) is 0 Å². The van der Waals surface area contributed by atoms with E-state index in [0.29, 0.717) is 6.04 Å². The second-order valence-electron chi connectivity index (χ2n) is 5.78. The molecule has 1 aliphatic rings. The van der Waals surface area contributed by atoms with E-state index in [2.05, 4.69) is 37.9 Å². The molecule has 1 heterocycles. The van der Waals surface area contributed by atoms with Crippen LogP contribution in [0.5, 0.6) is 0 Å². The second-order valence-corrected chi connectivity index (χ2v) is 5.78. The molecule has 2 heteroatoms. The molecule has 102 valence electrons. The van der Waals surface area contributed by atoms with Gasteiger partial charge in [0.2, 0.25) is 0 Å². The molecule has 1 fully saturated rings. The minimum Gasteiger partial charge on any atom is -0.311 e. The van der Waals surface area contributed by atoms with Crippen LogP contribution in [0.2, 0.25) is 0 Å². The molecule has 0 bridgehead atoms. The standard InChI is InChI=1S/C15H32N2/c1-5-7-8-10-13(3)17-12-15(9-6-2)16-11-14(17)4/h13-16H,5-12H2,1-4H3. The fourth-order valence-electron chi connectivity index (χ4n) is 2.97.